The zero-order valence-corrected chi connectivity index (χ0v) is 9.53. The molecule has 2 amide bonds. The number of carbonyl (C=O) groups is 2. The monoisotopic (exact) mass is 246 g/mol. The van der Waals surface area contributed by atoms with E-state index in [4.69, 9.17) is 11.6 Å². The number of nitrogens with one attached hydrogen (secondary N) is 2. The van der Waals surface area contributed by atoms with E-state index in [0.717, 1.165) is 0 Å². The smallest absolute Gasteiger partial charge is 0.273 e. The van der Waals surface area contributed by atoms with Crippen LogP contribution in [-0.4, -0.2) is 17.7 Å². The van der Waals surface area contributed by atoms with Crippen molar-refractivity contribution in [2.45, 2.75) is 12.8 Å². The highest BCUT2D eigenvalue weighted by atomic mass is 35.5. The van der Waals surface area contributed by atoms with Crippen molar-refractivity contribution in [3.8, 4) is 0 Å². The van der Waals surface area contributed by atoms with Crippen molar-refractivity contribution < 1.29 is 9.59 Å². The van der Waals surface area contributed by atoms with Crippen LogP contribution in [0.1, 0.15) is 22.5 Å². The fourth-order valence-corrected chi connectivity index (χ4v) is 1.64. The van der Waals surface area contributed by atoms with Crippen molar-refractivity contribution in [2.24, 2.45) is 0 Å². The summed E-state index contributed by atoms with van der Waals surface area (Å²) < 4.78 is 0. The number of alkyl halides is 1. The maximum atomic E-state index is 11.3. The van der Waals surface area contributed by atoms with Crippen LogP contribution in [0.4, 0.5) is 0 Å². The van der Waals surface area contributed by atoms with Gasteiger partial charge in [-0.05, 0) is 17.9 Å². The minimum absolute atomic E-state index is 0.236. The van der Waals surface area contributed by atoms with Crippen molar-refractivity contribution in [3.63, 3.8) is 0 Å². The molecule has 2 N–H and O–H groups in total. The Labute approximate surface area is 96.6 Å². The summed E-state index contributed by atoms with van der Waals surface area (Å²) in [5, 5.41) is 1.80. The molecule has 15 heavy (non-hydrogen) atoms. The third-order valence-corrected chi connectivity index (χ3v) is 2.73. The lowest BCUT2D eigenvalue weighted by Gasteiger charge is -2.04. The highest BCUT2D eigenvalue weighted by molar-refractivity contribution is 7.12. The average Bonchev–Trinajstić information content (AvgIpc) is 2.76. The Bertz CT molecular complexity index is 327. The maximum Gasteiger partial charge on any atom is 0.279 e. The number of carbonyl (C=O) groups excluding carboxylic acids is 2. The predicted molar refractivity (Wildman–Crippen MR) is 59.9 cm³/mol. The lowest BCUT2D eigenvalue weighted by molar-refractivity contribution is -0.121. The van der Waals surface area contributed by atoms with Crippen LogP contribution in [0.25, 0.3) is 0 Å². The topological polar surface area (TPSA) is 58.2 Å². The van der Waals surface area contributed by atoms with Gasteiger partial charge in [0.1, 0.15) is 0 Å². The van der Waals surface area contributed by atoms with Gasteiger partial charge in [-0.25, -0.2) is 0 Å². The second-order valence-electron chi connectivity index (χ2n) is 2.77. The minimum atomic E-state index is -0.302. The molecule has 6 heteroatoms. The lowest BCUT2D eigenvalue weighted by Crippen LogP contribution is -2.41. The predicted octanol–water partition coefficient (Wildman–Crippen LogP) is 1.53. The first kappa shape index (κ1) is 12.0. The van der Waals surface area contributed by atoms with Crippen LogP contribution < -0.4 is 10.9 Å². The molecule has 1 rings (SSSR count). The molecular formula is C9H11ClN2O2S. The summed E-state index contributed by atoms with van der Waals surface area (Å²) in [6.45, 7) is 0. The van der Waals surface area contributed by atoms with Crippen LogP contribution in [-0.2, 0) is 4.79 Å². The lowest BCUT2D eigenvalue weighted by atomic mass is 10.3. The molecule has 4 nitrogen and oxygen atoms in total. The molecule has 82 valence electrons. The zero-order valence-electron chi connectivity index (χ0n) is 7.96. The van der Waals surface area contributed by atoms with Crippen molar-refractivity contribution >= 4 is 34.8 Å². The van der Waals surface area contributed by atoms with Gasteiger partial charge in [-0.3, -0.25) is 20.4 Å². The normalized spacial score (nSPS) is 9.67. The zero-order chi connectivity index (χ0) is 11.1. The van der Waals surface area contributed by atoms with Crippen LogP contribution in [0.5, 0.6) is 0 Å². The summed E-state index contributed by atoms with van der Waals surface area (Å²) in [5.41, 5.74) is 4.64. The summed E-state index contributed by atoms with van der Waals surface area (Å²) in [7, 11) is 0. The van der Waals surface area contributed by atoms with Crippen LogP contribution in [0, 0.1) is 0 Å². The van der Waals surface area contributed by atoms with Gasteiger partial charge < -0.3 is 0 Å². The highest BCUT2D eigenvalue weighted by Gasteiger charge is 2.07. The van der Waals surface area contributed by atoms with Crippen LogP contribution in [0.2, 0.25) is 0 Å². The fourth-order valence-electron chi connectivity index (χ4n) is 0.886. The van der Waals surface area contributed by atoms with Gasteiger partial charge in [0.15, 0.2) is 0 Å². The first-order valence-electron chi connectivity index (χ1n) is 4.42. The third-order valence-electron chi connectivity index (χ3n) is 1.60. The number of hydrazine groups is 1. The molecule has 0 radical (unpaired) electrons. The van der Waals surface area contributed by atoms with E-state index in [0.29, 0.717) is 23.6 Å². The van der Waals surface area contributed by atoms with Gasteiger partial charge in [-0.2, -0.15) is 0 Å². The fraction of sp³-hybridized carbons (Fsp3) is 0.333. The number of hydrogen-bond acceptors (Lipinski definition) is 3. The Hall–Kier alpha value is -1.07. The van der Waals surface area contributed by atoms with Crippen LogP contribution >= 0.6 is 22.9 Å². The number of hydrogen-bond donors (Lipinski definition) is 2. The minimum Gasteiger partial charge on any atom is -0.273 e. The molecule has 0 unspecified atom stereocenters. The molecular weight excluding hydrogens is 236 g/mol. The van der Waals surface area contributed by atoms with Gasteiger partial charge in [-0.15, -0.1) is 22.9 Å². The molecule has 0 aromatic carbocycles. The standard InChI is InChI=1S/C9H11ClN2O2S/c10-5-1-4-8(13)11-12-9(14)7-3-2-6-15-7/h2-3,6H,1,4-5H2,(H,11,13)(H,12,14). The molecule has 1 aromatic rings. The average molecular weight is 247 g/mol. The molecule has 0 atom stereocenters. The van der Waals surface area contributed by atoms with Gasteiger partial charge in [-0.1, -0.05) is 6.07 Å². The second kappa shape index (κ2) is 6.42. The quantitative estimate of drug-likeness (QED) is 0.625. The van der Waals surface area contributed by atoms with E-state index < -0.39 is 0 Å². The first-order chi connectivity index (χ1) is 7.24. The Kier molecular flexibility index (Phi) is 5.14. The Morgan fingerprint density at radius 1 is 1.40 bits per heavy atom. The molecule has 0 fully saturated rings. The van der Waals surface area contributed by atoms with Crippen LogP contribution in [0.15, 0.2) is 17.5 Å². The molecule has 0 saturated carbocycles. The summed E-state index contributed by atoms with van der Waals surface area (Å²) >= 11 is 6.74. The van der Waals surface area contributed by atoms with E-state index in [-0.39, 0.29) is 11.8 Å². The summed E-state index contributed by atoms with van der Waals surface area (Å²) in [5.74, 6) is -0.100. The maximum absolute atomic E-state index is 11.3. The molecule has 1 aromatic heterocycles. The van der Waals surface area contributed by atoms with Crippen molar-refractivity contribution in [1.82, 2.24) is 10.9 Å². The van der Waals surface area contributed by atoms with Crippen molar-refractivity contribution in [1.29, 1.82) is 0 Å². The van der Waals surface area contributed by atoms with Gasteiger partial charge >= 0.3 is 0 Å². The summed E-state index contributed by atoms with van der Waals surface area (Å²) in [6.07, 6.45) is 0.913. The Balaban J connectivity index is 2.25. The molecule has 1 heterocycles. The van der Waals surface area contributed by atoms with Gasteiger partial charge in [0.2, 0.25) is 5.91 Å². The molecule has 0 aliphatic carbocycles. The third kappa shape index (κ3) is 4.31. The Morgan fingerprint density at radius 3 is 2.80 bits per heavy atom. The largest absolute Gasteiger partial charge is 0.279 e. The number of amides is 2. The van der Waals surface area contributed by atoms with Gasteiger partial charge in [0, 0.05) is 12.3 Å². The molecule has 0 saturated heterocycles. The van der Waals surface area contributed by atoms with E-state index in [1.165, 1.54) is 11.3 Å². The first-order valence-corrected chi connectivity index (χ1v) is 5.84. The summed E-state index contributed by atoms with van der Waals surface area (Å²) in [4.78, 5) is 23.0. The van der Waals surface area contributed by atoms with Crippen molar-refractivity contribution in [3.05, 3.63) is 22.4 Å². The van der Waals surface area contributed by atoms with E-state index in [2.05, 4.69) is 10.9 Å². The molecule has 0 spiro atoms. The van der Waals surface area contributed by atoms with Gasteiger partial charge in [0.25, 0.3) is 5.91 Å². The SMILES string of the molecule is O=C(CCCCl)NNC(=O)c1cccs1. The number of rotatable bonds is 4. The number of halogens is 1. The van der Waals surface area contributed by atoms with Crippen molar-refractivity contribution in [2.75, 3.05) is 5.88 Å². The second-order valence-corrected chi connectivity index (χ2v) is 4.10. The van der Waals surface area contributed by atoms with E-state index in [1.807, 2.05) is 0 Å². The highest BCUT2D eigenvalue weighted by Crippen LogP contribution is 2.06. The van der Waals surface area contributed by atoms with E-state index in [9.17, 15) is 9.59 Å². The molecule has 0 bridgehead atoms. The Morgan fingerprint density at radius 2 is 2.20 bits per heavy atom. The number of thiophene rings is 1. The molecule has 0 aliphatic rings. The summed E-state index contributed by atoms with van der Waals surface area (Å²) in [6, 6.07) is 3.46. The van der Waals surface area contributed by atoms with E-state index >= 15 is 0 Å². The van der Waals surface area contributed by atoms with E-state index in [1.54, 1.807) is 17.5 Å². The van der Waals surface area contributed by atoms with Crippen LogP contribution in [0.3, 0.4) is 0 Å². The molecule has 0 aliphatic heterocycles. The van der Waals surface area contributed by atoms with Gasteiger partial charge in [0.05, 0.1) is 4.88 Å².